The van der Waals surface area contributed by atoms with Gasteiger partial charge in [0.25, 0.3) is 5.69 Å². The average molecular weight is 310 g/mol. The maximum Gasteiger partial charge on any atom is 0.271 e. The number of benzene rings is 1. The Bertz CT molecular complexity index is 666. The number of nitrogens with zero attached hydrogens (tertiary/aromatic N) is 2. The van der Waals surface area contributed by atoms with E-state index in [-0.39, 0.29) is 10.9 Å². The standard InChI is InChI=1S/C14H18N2O4S/c17-16(18)12-8-7-11-4-3-9-15(14(11)10-12)21(19,20)13-5-1-2-6-13/h7-8,10,13H,1-6,9H2. The van der Waals surface area contributed by atoms with Crippen LogP contribution in [-0.2, 0) is 16.4 Å². The van der Waals surface area contributed by atoms with E-state index >= 15 is 0 Å². The quantitative estimate of drug-likeness (QED) is 0.635. The third kappa shape index (κ3) is 2.50. The summed E-state index contributed by atoms with van der Waals surface area (Å²) >= 11 is 0. The van der Waals surface area contributed by atoms with Gasteiger partial charge in [0.15, 0.2) is 0 Å². The Kier molecular flexibility index (Phi) is 3.61. The van der Waals surface area contributed by atoms with Crippen LogP contribution in [0.1, 0.15) is 37.7 Å². The van der Waals surface area contributed by atoms with Gasteiger partial charge in [0, 0.05) is 18.7 Å². The van der Waals surface area contributed by atoms with Crippen molar-refractivity contribution < 1.29 is 13.3 Å². The molecule has 1 aliphatic heterocycles. The number of rotatable bonds is 3. The zero-order valence-electron chi connectivity index (χ0n) is 11.7. The second kappa shape index (κ2) is 5.29. The molecular weight excluding hydrogens is 292 g/mol. The minimum Gasteiger partial charge on any atom is -0.269 e. The summed E-state index contributed by atoms with van der Waals surface area (Å²) in [6.45, 7) is 0.424. The van der Waals surface area contributed by atoms with Gasteiger partial charge in [0.2, 0.25) is 10.0 Å². The number of aryl methyl sites for hydroxylation is 1. The second-order valence-electron chi connectivity index (χ2n) is 5.70. The lowest BCUT2D eigenvalue weighted by Crippen LogP contribution is -2.40. The molecule has 1 fully saturated rings. The van der Waals surface area contributed by atoms with E-state index in [1.54, 1.807) is 6.07 Å². The molecule has 1 aromatic carbocycles. The molecule has 0 aromatic heterocycles. The van der Waals surface area contributed by atoms with Gasteiger partial charge >= 0.3 is 0 Å². The molecule has 0 spiro atoms. The zero-order valence-corrected chi connectivity index (χ0v) is 12.5. The summed E-state index contributed by atoms with van der Waals surface area (Å²) in [4.78, 5) is 10.5. The van der Waals surface area contributed by atoms with Crippen molar-refractivity contribution in [1.29, 1.82) is 0 Å². The number of hydrogen-bond donors (Lipinski definition) is 0. The summed E-state index contributed by atoms with van der Waals surface area (Å²) in [5, 5.41) is 10.6. The van der Waals surface area contributed by atoms with Gasteiger partial charge in [-0.2, -0.15) is 0 Å². The van der Waals surface area contributed by atoms with Crippen molar-refractivity contribution in [1.82, 2.24) is 0 Å². The molecule has 1 aliphatic carbocycles. The van der Waals surface area contributed by atoms with Crippen LogP contribution in [0, 0.1) is 10.1 Å². The highest BCUT2D eigenvalue weighted by Crippen LogP contribution is 2.36. The number of nitro groups is 1. The number of hydrogen-bond acceptors (Lipinski definition) is 4. The molecular formula is C14H18N2O4S. The highest BCUT2D eigenvalue weighted by Gasteiger charge is 2.36. The van der Waals surface area contributed by atoms with Crippen LogP contribution in [0.25, 0.3) is 0 Å². The molecule has 114 valence electrons. The van der Waals surface area contributed by atoms with Gasteiger partial charge in [-0.15, -0.1) is 0 Å². The number of sulfonamides is 1. The summed E-state index contributed by atoms with van der Waals surface area (Å²) in [7, 11) is -3.41. The smallest absolute Gasteiger partial charge is 0.269 e. The fourth-order valence-electron chi connectivity index (χ4n) is 3.27. The van der Waals surface area contributed by atoms with Gasteiger partial charge in [-0.3, -0.25) is 14.4 Å². The van der Waals surface area contributed by atoms with Gasteiger partial charge in [0.1, 0.15) is 0 Å². The van der Waals surface area contributed by atoms with E-state index in [2.05, 4.69) is 0 Å². The predicted molar refractivity (Wildman–Crippen MR) is 79.9 cm³/mol. The van der Waals surface area contributed by atoms with Gasteiger partial charge < -0.3 is 0 Å². The van der Waals surface area contributed by atoms with Crippen LogP contribution in [0.15, 0.2) is 18.2 Å². The SMILES string of the molecule is O=[N+]([O-])c1ccc2c(c1)N(S(=O)(=O)C1CCCC1)CCC2. The minimum atomic E-state index is -3.41. The van der Waals surface area contributed by atoms with Crippen molar-refractivity contribution in [2.45, 2.75) is 43.8 Å². The van der Waals surface area contributed by atoms with E-state index in [9.17, 15) is 18.5 Å². The molecule has 0 atom stereocenters. The van der Waals surface area contributed by atoms with Crippen molar-refractivity contribution in [2.75, 3.05) is 10.8 Å². The summed E-state index contributed by atoms with van der Waals surface area (Å²) < 4.78 is 27.0. The van der Waals surface area contributed by atoms with E-state index in [0.29, 0.717) is 25.1 Å². The molecule has 6 nitrogen and oxygen atoms in total. The molecule has 1 saturated carbocycles. The van der Waals surface area contributed by atoms with Crippen molar-refractivity contribution in [2.24, 2.45) is 0 Å². The molecule has 0 N–H and O–H groups in total. The Morgan fingerprint density at radius 3 is 2.57 bits per heavy atom. The topological polar surface area (TPSA) is 80.5 Å². The first-order valence-corrected chi connectivity index (χ1v) is 8.79. The van der Waals surface area contributed by atoms with Crippen molar-refractivity contribution in [3.8, 4) is 0 Å². The van der Waals surface area contributed by atoms with Crippen molar-refractivity contribution >= 4 is 21.4 Å². The van der Waals surface area contributed by atoms with E-state index < -0.39 is 14.9 Å². The maximum absolute atomic E-state index is 12.8. The van der Waals surface area contributed by atoms with E-state index in [0.717, 1.165) is 31.2 Å². The predicted octanol–water partition coefficient (Wildman–Crippen LogP) is 2.62. The zero-order chi connectivity index (χ0) is 15.0. The highest BCUT2D eigenvalue weighted by molar-refractivity contribution is 7.93. The normalized spacial score (nSPS) is 19.5. The Hall–Kier alpha value is -1.63. The van der Waals surface area contributed by atoms with Crippen LogP contribution in [-0.4, -0.2) is 25.1 Å². The number of fused-ring (bicyclic) bond motifs is 1. The van der Waals surface area contributed by atoms with E-state index in [1.807, 2.05) is 0 Å². The Labute approximate surface area is 124 Å². The van der Waals surface area contributed by atoms with Gasteiger partial charge in [0.05, 0.1) is 15.9 Å². The molecule has 0 saturated heterocycles. The maximum atomic E-state index is 12.8. The van der Waals surface area contributed by atoms with Crippen molar-refractivity contribution in [3.05, 3.63) is 33.9 Å². The Balaban J connectivity index is 2.03. The summed E-state index contributed by atoms with van der Waals surface area (Å²) in [6.07, 6.45) is 4.81. The van der Waals surface area contributed by atoms with Gasteiger partial charge in [-0.1, -0.05) is 18.9 Å². The lowest BCUT2D eigenvalue weighted by Gasteiger charge is -2.32. The lowest BCUT2D eigenvalue weighted by atomic mass is 10.0. The monoisotopic (exact) mass is 310 g/mol. The van der Waals surface area contributed by atoms with Crippen LogP contribution in [0.3, 0.4) is 0 Å². The minimum absolute atomic E-state index is 0.0535. The molecule has 1 heterocycles. The van der Waals surface area contributed by atoms with Crippen LogP contribution in [0.5, 0.6) is 0 Å². The van der Waals surface area contributed by atoms with Gasteiger partial charge in [-0.25, -0.2) is 8.42 Å². The van der Waals surface area contributed by atoms with E-state index in [1.165, 1.54) is 16.4 Å². The second-order valence-corrected chi connectivity index (χ2v) is 7.83. The van der Waals surface area contributed by atoms with Gasteiger partial charge in [-0.05, 0) is 31.2 Å². The summed E-state index contributed by atoms with van der Waals surface area (Å²) in [5.41, 5.74) is 1.33. The molecule has 3 rings (SSSR count). The molecule has 0 amide bonds. The number of non-ortho nitro benzene ring substituents is 1. The average Bonchev–Trinajstić information content (AvgIpc) is 3.00. The van der Waals surface area contributed by atoms with E-state index in [4.69, 9.17) is 0 Å². The van der Waals surface area contributed by atoms with Crippen molar-refractivity contribution in [3.63, 3.8) is 0 Å². The lowest BCUT2D eigenvalue weighted by molar-refractivity contribution is -0.384. The fourth-order valence-corrected chi connectivity index (χ4v) is 5.39. The Morgan fingerprint density at radius 1 is 1.19 bits per heavy atom. The highest BCUT2D eigenvalue weighted by atomic mass is 32.2. The molecule has 2 aliphatic rings. The third-order valence-corrected chi connectivity index (χ3v) is 6.69. The Morgan fingerprint density at radius 2 is 1.90 bits per heavy atom. The number of nitro benzene ring substituents is 1. The first-order valence-electron chi connectivity index (χ1n) is 7.29. The first-order chi connectivity index (χ1) is 10.00. The molecule has 1 aromatic rings. The molecule has 21 heavy (non-hydrogen) atoms. The van der Waals surface area contributed by atoms with Crippen LogP contribution in [0.2, 0.25) is 0 Å². The van der Waals surface area contributed by atoms with Crippen LogP contribution >= 0.6 is 0 Å². The van der Waals surface area contributed by atoms with Crippen LogP contribution in [0.4, 0.5) is 11.4 Å². The molecule has 0 bridgehead atoms. The third-order valence-electron chi connectivity index (χ3n) is 4.39. The molecule has 0 unspecified atom stereocenters. The fraction of sp³-hybridized carbons (Fsp3) is 0.571. The largest absolute Gasteiger partial charge is 0.271 e. The molecule has 7 heteroatoms. The summed E-state index contributed by atoms with van der Waals surface area (Å²) in [5.74, 6) is 0. The first kappa shape index (κ1) is 14.3. The number of anilines is 1. The van der Waals surface area contributed by atoms with Crippen LogP contribution < -0.4 is 4.31 Å². The summed E-state index contributed by atoms with van der Waals surface area (Å²) in [6, 6.07) is 4.54. The molecule has 0 radical (unpaired) electrons.